The molecule has 0 rings (SSSR count). The van der Waals surface area contributed by atoms with E-state index in [-0.39, 0.29) is 0 Å². The number of hydrogen-bond acceptors (Lipinski definition) is 4. The lowest BCUT2D eigenvalue weighted by molar-refractivity contribution is 0.0603. The van der Waals surface area contributed by atoms with Crippen LogP contribution in [0.3, 0.4) is 0 Å². The van der Waals surface area contributed by atoms with E-state index in [1.165, 1.54) is 0 Å². The molecule has 0 bridgehead atoms. The van der Waals surface area contributed by atoms with Crippen molar-refractivity contribution in [3.05, 3.63) is 12.2 Å². The number of hydrogen-bond donors (Lipinski definition) is 2. The average Bonchev–Trinajstić information content (AvgIpc) is 2.17. The van der Waals surface area contributed by atoms with Gasteiger partial charge in [-0.15, -0.1) is 0 Å². The third kappa shape index (κ3) is 10.1. The van der Waals surface area contributed by atoms with Gasteiger partial charge in [-0.2, -0.15) is 11.8 Å². The van der Waals surface area contributed by atoms with Gasteiger partial charge in [-0.1, -0.05) is 12.2 Å². The Morgan fingerprint density at radius 1 is 1.50 bits per heavy atom. The molecular weight excluding hydrogens is 198 g/mol. The predicted molar refractivity (Wildman–Crippen MR) is 62.6 cm³/mol. The van der Waals surface area contributed by atoms with Crippen molar-refractivity contribution in [1.82, 2.24) is 0 Å². The first-order valence-corrected chi connectivity index (χ1v) is 6.13. The summed E-state index contributed by atoms with van der Waals surface area (Å²) in [5.74, 6) is 2.10. The van der Waals surface area contributed by atoms with Crippen LogP contribution in [-0.4, -0.2) is 42.5 Å². The van der Waals surface area contributed by atoms with Crippen molar-refractivity contribution in [2.24, 2.45) is 5.73 Å². The monoisotopic (exact) mass is 219 g/mol. The summed E-state index contributed by atoms with van der Waals surface area (Å²) in [5, 5.41) is 9.26. The molecule has 3 N–H and O–H groups in total. The Bertz CT molecular complexity index is 142. The maximum Gasteiger partial charge on any atom is 0.0954 e. The molecule has 0 amide bonds. The number of aliphatic hydroxyl groups excluding tert-OH is 1. The van der Waals surface area contributed by atoms with Crippen LogP contribution in [0.1, 0.15) is 13.3 Å². The summed E-state index contributed by atoms with van der Waals surface area (Å²) < 4.78 is 5.28. The van der Waals surface area contributed by atoms with E-state index in [9.17, 15) is 5.11 Å². The summed E-state index contributed by atoms with van der Waals surface area (Å²) in [5.41, 5.74) is 5.35. The number of nitrogens with two attached hydrogens (primary N) is 1. The summed E-state index contributed by atoms with van der Waals surface area (Å²) >= 11 is 1.84. The standard InChI is InChI=1S/C10H21NO2S/c1-2-4-10(12)9-13-6-3-7-14-8-5-11/h2,4,10,12H,3,5-9,11H2,1H3/b4-2-. The van der Waals surface area contributed by atoms with Crippen LogP contribution in [0.25, 0.3) is 0 Å². The van der Waals surface area contributed by atoms with Crippen molar-refractivity contribution >= 4 is 11.8 Å². The molecule has 0 aromatic rings. The number of rotatable bonds is 9. The highest BCUT2D eigenvalue weighted by atomic mass is 32.2. The number of thioether (sulfide) groups is 1. The SMILES string of the molecule is C/C=C\C(O)COCCCSCCN. The molecule has 3 nitrogen and oxygen atoms in total. The van der Waals surface area contributed by atoms with Gasteiger partial charge < -0.3 is 15.6 Å². The minimum Gasteiger partial charge on any atom is -0.387 e. The van der Waals surface area contributed by atoms with E-state index in [0.717, 1.165) is 24.5 Å². The number of ether oxygens (including phenoxy) is 1. The van der Waals surface area contributed by atoms with E-state index in [2.05, 4.69) is 0 Å². The van der Waals surface area contributed by atoms with Gasteiger partial charge in [0.15, 0.2) is 0 Å². The minimum atomic E-state index is -0.461. The molecule has 84 valence electrons. The topological polar surface area (TPSA) is 55.5 Å². The third-order valence-electron chi connectivity index (χ3n) is 1.54. The van der Waals surface area contributed by atoms with Crippen molar-refractivity contribution in [2.45, 2.75) is 19.4 Å². The molecule has 1 unspecified atom stereocenters. The minimum absolute atomic E-state index is 0.395. The van der Waals surface area contributed by atoms with Crippen molar-refractivity contribution in [3.8, 4) is 0 Å². The lowest BCUT2D eigenvalue weighted by Gasteiger charge is -2.06. The van der Waals surface area contributed by atoms with E-state index in [0.29, 0.717) is 13.2 Å². The molecule has 0 saturated heterocycles. The lowest BCUT2D eigenvalue weighted by Crippen LogP contribution is -2.13. The van der Waals surface area contributed by atoms with Crippen molar-refractivity contribution in [3.63, 3.8) is 0 Å². The Balaban J connectivity index is 3.05. The Morgan fingerprint density at radius 2 is 2.29 bits per heavy atom. The quantitative estimate of drug-likeness (QED) is 0.449. The summed E-state index contributed by atoms with van der Waals surface area (Å²) in [6.45, 7) is 3.73. The van der Waals surface area contributed by atoms with Crippen LogP contribution in [-0.2, 0) is 4.74 Å². The van der Waals surface area contributed by atoms with Crippen LogP contribution >= 0.6 is 11.8 Å². The zero-order valence-electron chi connectivity index (χ0n) is 8.82. The van der Waals surface area contributed by atoms with Crippen LogP contribution in [0.2, 0.25) is 0 Å². The fraction of sp³-hybridized carbons (Fsp3) is 0.800. The summed E-state index contributed by atoms with van der Waals surface area (Å²) in [6.07, 6.45) is 4.11. The first-order valence-electron chi connectivity index (χ1n) is 4.97. The molecule has 4 heteroatoms. The van der Waals surface area contributed by atoms with Gasteiger partial charge in [-0.25, -0.2) is 0 Å². The Kier molecular flexibility index (Phi) is 11.0. The summed E-state index contributed by atoms with van der Waals surface area (Å²) in [4.78, 5) is 0. The molecule has 1 atom stereocenters. The fourth-order valence-electron chi connectivity index (χ4n) is 0.930. The highest BCUT2D eigenvalue weighted by Crippen LogP contribution is 2.00. The second-order valence-corrected chi connectivity index (χ2v) is 4.15. The Morgan fingerprint density at radius 3 is 2.93 bits per heavy atom. The van der Waals surface area contributed by atoms with Gasteiger partial charge in [-0.3, -0.25) is 0 Å². The van der Waals surface area contributed by atoms with Crippen molar-refractivity contribution in [1.29, 1.82) is 0 Å². The number of allylic oxidation sites excluding steroid dienone is 1. The van der Waals surface area contributed by atoms with Gasteiger partial charge in [-0.05, 0) is 19.1 Å². The van der Waals surface area contributed by atoms with Crippen LogP contribution in [0, 0.1) is 0 Å². The molecule has 0 aromatic heterocycles. The van der Waals surface area contributed by atoms with Gasteiger partial charge in [0.05, 0.1) is 12.7 Å². The van der Waals surface area contributed by atoms with Crippen molar-refractivity contribution < 1.29 is 9.84 Å². The normalized spacial score (nSPS) is 13.6. The maximum absolute atomic E-state index is 9.26. The molecule has 0 saturated carbocycles. The predicted octanol–water partition coefficient (Wildman–Crippen LogP) is 1.02. The largest absolute Gasteiger partial charge is 0.387 e. The van der Waals surface area contributed by atoms with E-state index >= 15 is 0 Å². The van der Waals surface area contributed by atoms with E-state index in [1.807, 2.05) is 24.8 Å². The van der Waals surface area contributed by atoms with Crippen LogP contribution < -0.4 is 5.73 Å². The highest BCUT2D eigenvalue weighted by Gasteiger charge is 1.97. The number of aliphatic hydroxyl groups is 1. The molecule has 0 radical (unpaired) electrons. The molecule has 14 heavy (non-hydrogen) atoms. The summed E-state index contributed by atoms with van der Waals surface area (Å²) in [6, 6.07) is 0. The molecule has 0 heterocycles. The fourth-order valence-corrected chi connectivity index (χ4v) is 1.62. The Labute approximate surface area is 90.7 Å². The third-order valence-corrected chi connectivity index (χ3v) is 2.64. The smallest absolute Gasteiger partial charge is 0.0954 e. The molecule has 0 fully saturated rings. The first-order chi connectivity index (χ1) is 6.81. The second kappa shape index (κ2) is 11.0. The van der Waals surface area contributed by atoms with Crippen molar-refractivity contribution in [2.75, 3.05) is 31.3 Å². The van der Waals surface area contributed by atoms with Crippen LogP contribution in [0.5, 0.6) is 0 Å². The van der Waals surface area contributed by atoms with E-state index in [4.69, 9.17) is 10.5 Å². The molecule has 0 aliphatic carbocycles. The van der Waals surface area contributed by atoms with Gasteiger partial charge in [0, 0.05) is 18.9 Å². The first kappa shape index (κ1) is 14.0. The van der Waals surface area contributed by atoms with Gasteiger partial charge in [0.2, 0.25) is 0 Å². The molecular formula is C10H21NO2S. The van der Waals surface area contributed by atoms with Gasteiger partial charge in [0.25, 0.3) is 0 Å². The van der Waals surface area contributed by atoms with Gasteiger partial charge >= 0.3 is 0 Å². The zero-order valence-corrected chi connectivity index (χ0v) is 9.63. The van der Waals surface area contributed by atoms with E-state index < -0.39 is 6.10 Å². The van der Waals surface area contributed by atoms with Crippen LogP contribution in [0.4, 0.5) is 0 Å². The molecule has 0 aromatic carbocycles. The van der Waals surface area contributed by atoms with Gasteiger partial charge in [0.1, 0.15) is 0 Å². The lowest BCUT2D eigenvalue weighted by atomic mass is 10.3. The summed E-state index contributed by atoms with van der Waals surface area (Å²) in [7, 11) is 0. The molecule has 0 aliphatic heterocycles. The zero-order chi connectivity index (χ0) is 10.6. The van der Waals surface area contributed by atoms with Crippen LogP contribution in [0.15, 0.2) is 12.2 Å². The average molecular weight is 219 g/mol. The molecule has 0 spiro atoms. The highest BCUT2D eigenvalue weighted by molar-refractivity contribution is 7.99. The molecule has 0 aliphatic rings. The maximum atomic E-state index is 9.26. The second-order valence-electron chi connectivity index (χ2n) is 2.92. The van der Waals surface area contributed by atoms with E-state index in [1.54, 1.807) is 6.08 Å². The Hall–Kier alpha value is -0.0300.